The van der Waals surface area contributed by atoms with Crippen molar-refractivity contribution in [2.75, 3.05) is 19.7 Å². The second-order valence-electron chi connectivity index (χ2n) is 3.67. The number of rotatable bonds is 4. The third kappa shape index (κ3) is 2.45. The van der Waals surface area contributed by atoms with Gasteiger partial charge in [-0.25, -0.2) is 4.79 Å². The normalized spacial score (nSPS) is 19.7. The Morgan fingerprint density at radius 1 is 1.44 bits per heavy atom. The molecule has 1 aromatic carbocycles. The number of carbonyl (C=O) groups is 1. The van der Waals surface area contributed by atoms with Crippen molar-refractivity contribution in [2.45, 2.75) is 13.0 Å². The molecular formula is C12H15NO3. The van der Waals surface area contributed by atoms with Gasteiger partial charge in [0.25, 0.3) is 0 Å². The predicted octanol–water partition coefficient (Wildman–Crippen LogP) is 1.91. The molecule has 1 aliphatic heterocycles. The Balaban J connectivity index is 1.82. The zero-order valence-corrected chi connectivity index (χ0v) is 9.26. The number of amides is 1. The van der Waals surface area contributed by atoms with E-state index in [1.54, 1.807) is 4.90 Å². The molecule has 1 aliphatic rings. The summed E-state index contributed by atoms with van der Waals surface area (Å²) in [5.74, 6) is 0.800. The molecule has 1 atom stereocenters. The monoisotopic (exact) mass is 221 g/mol. The van der Waals surface area contributed by atoms with Gasteiger partial charge < -0.3 is 14.4 Å². The average molecular weight is 221 g/mol. The van der Waals surface area contributed by atoms with Crippen molar-refractivity contribution in [1.82, 2.24) is 4.90 Å². The molecule has 0 saturated carbocycles. The van der Waals surface area contributed by atoms with Crippen LogP contribution in [0, 0.1) is 0 Å². The number of hydrogen-bond acceptors (Lipinski definition) is 3. The Bertz CT molecular complexity index is 353. The van der Waals surface area contributed by atoms with Gasteiger partial charge in [-0.15, -0.1) is 0 Å². The van der Waals surface area contributed by atoms with Crippen LogP contribution in [0.5, 0.6) is 5.75 Å². The maximum Gasteiger partial charge on any atom is 0.410 e. The van der Waals surface area contributed by atoms with Gasteiger partial charge in [-0.1, -0.05) is 18.2 Å². The lowest BCUT2D eigenvalue weighted by atomic mass is 10.3. The van der Waals surface area contributed by atoms with E-state index in [9.17, 15) is 4.79 Å². The molecule has 0 unspecified atom stereocenters. The van der Waals surface area contributed by atoms with E-state index in [4.69, 9.17) is 9.47 Å². The molecule has 0 N–H and O–H groups in total. The van der Waals surface area contributed by atoms with Gasteiger partial charge in [0.1, 0.15) is 12.4 Å². The highest BCUT2D eigenvalue weighted by Gasteiger charge is 2.30. The van der Waals surface area contributed by atoms with Crippen LogP contribution in [0.25, 0.3) is 0 Å². The topological polar surface area (TPSA) is 38.8 Å². The van der Waals surface area contributed by atoms with E-state index in [0.717, 1.165) is 5.75 Å². The number of carbonyl (C=O) groups excluding carboxylic acids is 1. The van der Waals surface area contributed by atoms with Gasteiger partial charge in [0, 0.05) is 6.54 Å². The van der Waals surface area contributed by atoms with Crippen molar-refractivity contribution in [3.05, 3.63) is 30.3 Å². The minimum absolute atomic E-state index is 0.160. The highest BCUT2D eigenvalue weighted by Crippen LogP contribution is 2.14. The summed E-state index contributed by atoms with van der Waals surface area (Å²) in [5.41, 5.74) is 0. The maximum absolute atomic E-state index is 11.3. The molecule has 1 heterocycles. The number of nitrogens with zero attached hydrogens (tertiary/aromatic N) is 1. The van der Waals surface area contributed by atoms with Crippen LogP contribution in [0.15, 0.2) is 30.3 Å². The predicted molar refractivity (Wildman–Crippen MR) is 59.5 cm³/mol. The summed E-state index contributed by atoms with van der Waals surface area (Å²) < 4.78 is 10.7. The fourth-order valence-corrected chi connectivity index (χ4v) is 1.63. The van der Waals surface area contributed by atoms with Crippen LogP contribution < -0.4 is 4.74 Å². The molecule has 86 valence electrons. The summed E-state index contributed by atoms with van der Waals surface area (Å²) in [7, 11) is 0. The Hall–Kier alpha value is -1.71. The largest absolute Gasteiger partial charge is 0.490 e. The summed E-state index contributed by atoms with van der Waals surface area (Å²) >= 11 is 0. The summed E-state index contributed by atoms with van der Waals surface area (Å²) in [4.78, 5) is 12.9. The van der Waals surface area contributed by atoms with Gasteiger partial charge in [-0.05, 0) is 19.1 Å². The molecule has 1 aromatic rings. The van der Waals surface area contributed by atoms with Crippen LogP contribution in [0.1, 0.15) is 6.92 Å². The van der Waals surface area contributed by atoms with E-state index in [2.05, 4.69) is 0 Å². The molecule has 0 aliphatic carbocycles. The van der Waals surface area contributed by atoms with E-state index in [0.29, 0.717) is 19.7 Å². The van der Waals surface area contributed by atoms with Gasteiger partial charge in [-0.2, -0.15) is 0 Å². The third-order valence-electron chi connectivity index (χ3n) is 2.51. The second-order valence-corrected chi connectivity index (χ2v) is 3.67. The van der Waals surface area contributed by atoms with Crippen molar-refractivity contribution in [3.8, 4) is 5.75 Å². The maximum atomic E-state index is 11.3. The van der Waals surface area contributed by atoms with Gasteiger partial charge >= 0.3 is 6.09 Å². The third-order valence-corrected chi connectivity index (χ3v) is 2.51. The van der Waals surface area contributed by atoms with E-state index < -0.39 is 0 Å². The van der Waals surface area contributed by atoms with Crippen LogP contribution in [0.3, 0.4) is 0 Å². The zero-order chi connectivity index (χ0) is 11.4. The van der Waals surface area contributed by atoms with Crippen molar-refractivity contribution >= 4 is 6.09 Å². The quantitative estimate of drug-likeness (QED) is 0.779. The zero-order valence-electron chi connectivity index (χ0n) is 9.26. The van der Waals surface area contributed by atoms with Crippen LogP contribution in [0.2, 0.25) is 0 Å². The minimum atomic E-state index is -0.246. The second kappa shape index (κ2) is 4.88. The van der Waals surface area contributed by atoms with Crippen molar-refractivity contribution < 1.29 is 14.3 Å². The Kier molecular flexibility index (Phi) is 3.29. The minimum Gasteiger partial charge on any atom is -0.490 e. The number of cyclic esters (lactones) is 1. The highest BCUT2D eigenvalue weighted by molar-refractivity contribution is 5.69. The number of likely N-dealkylation sites (N-methyl/N-ethyl adjacent to an activating group) is 1. The van der Waals surface area contributed by atoms with Gasteiger partial charge in [-0.3, -0.25) is 0 Å². The number of ether oxygens (including phenoxy) is 2. The van der Waals surface area contributed by atoms with E-state index in [-0.39, 0.29) is 12.2 Å². The fraction of sp³-hybridized carbons (Fsp3) is 0.417. The highest BCUT2D eigenvalue weighted by atomic mass is 16.6. The van der Waals surface area contributed by atoms with Crippen LogP contribution in [-0.2, 0) is 4.74 Å². The number of benzene rings is 1. The first-order valence-electron chi connectivity index (χ1n) is 5.43. The van der Waals surface area contributed by atoms with Gasteiger partial charge in [0.05, 0.1) is 6.54 Å². The van der Waals surface area contributed by atoms with Crippen molar-refractivity contribution in [2.24, 2.45) is 0 Å². The molecule has 4 nitrogen and oxygen atoms in total. The lowest BCUT2D eigenvalue weighted by Crippen LogP contribution is -2.26. The fourth-order valence-electron chi connectivity index (χ4n) is 1.63. The molecule has 0 aromatic heterocycles. The van der Waals surface area contributed by atoms with Crippen molar-refractivity contribution in [3.63, 3.8) is 0 Å². The average Bonchev–Trinajstić information content (AvgIpc) is 2.69. The Morgan fingerprint density at radius 2 is 2.19 bits per heavy atom. The first kappa shape index (κ1) is 10.8. The van der Waals surface area contributed by atoms with Crippen LogP contribution in [-0.4, -0.2) is 36.8 Å². The first-order chi connectivity index (χ1) is 7.79. The molecular weight excluding hydrogens is 206 g/mol. The summed E-state index contributed by atoms with van der Waals surface area (Å²) in [5, 5.41) is 0. The molecule has 4 heteroatoms. The molecule has 1 fully saturated rings. The first-order valence-corrected chi connectivity index (χ1v) is 5.43. The Labute approximate surface area is 94.8 Å². The van der Waals surface area contributed by atoms with Gasteiger partial charge in [0.15, 0.2) is 6.10 Å². The number of para-hydroxylation sites is 1. The Morgan fingerprint density at radius 3 is 2.81 bits per heavy atom. The summed E-state index contributed by atoms with van der Waals surface area (Å²) in [6.07, 6.45) is -0.406. The molecule has 0 radical (unpaired) electrons. The molecule has 0 spiro atoms. The SMILES string of the molecule is CCN1C[C@@H](COc2ccccc2)OC1=O. The summed E-state index contributed by atoms with van der Waals surface area (Å²) in [6.45, 7) is 3.64. The van der Waals surface area contributed by atoms with Crippen LogP contribution >= 0.6 is 0 Å². The van der Waals surface area contributed by atoms with E-state index in [1.165, 1.54) is 0 Å². The molecule has 16 heavy (non-hydrogen) atoms. The number of hydrogen-bond donors (Lipinski definition) is 0. The van der Waals surface area contributed by atoms with E-state index in [1.807, 2.05) is 37.3 Å². The lowest BCUT2D eigenvalue weighted by Gasteiger charge is -2.10. The standard InChI is InChI=1S/C12H15NO3/c1-2-13-8-11(16-12(13)14)9-15-10-6-4-3-5-7-10/h3-7,11H,2,8-9H2,1H3/t11-/m0/s1. The molecule has 1 saturated heterocycles. The molecule has 1 amide bonds. The summed E-state index contributed by atoms with van der Waals surface area (Å²) in [6, 6.07) is 9.52. The molecule has 0 bridgehead atoms. The van der Waals surface area contributed by atoms with E-state index >= 15 is 0 Å². The van der Waals surface area contributed by atoms with Crippen molar-refractivity contribution in [1.29, 1.82) is 0 Å². The lowest BCUT2D eigenvalue weighted by molar-refractivity contribution is 0.103. The smallest absolute Gasteiger partial charge is 0.410 e. The molecule has 2 rings (SSSR count). The van der Waals surface area contributed by atoms with Gasteiger partial charge in [0.2, 0.25) is 0 Å². The van der Waals surface area contributed by atoms with Crippen LogP contribution in [0.4, 0.5) is 4.79 Å².